The van der Waals surface area contributed by atoms with Crippen LogP contribution in [0.25, 0.3) is 77.6 Å². The number of aromatic nitrogens is 4. The third-order valence-corrected chi connectivity index (χ3v) is 13.4. The van der Waals surface area contributed by atoms with Gasteiger partial charge in [0, 0.05) is 43.7 Å². The van der Waals surface area contributed by atoms with Crippen LogP contribution < -0.4 is 10.5 Å². The minimum absolute atomic E-state index is 0.776. The van der Waals surface area contributed by atoms with E-state index in [-0.39, 0.29) is 0 Å². The predicted octanol–water partition coefficient (Wildman–Crippen LogP) is 9.14. The second kappa shape index (κ2) is 9.61. The van der Waals surface area contributed by atoms with Gasteiger partial charge in [-0.25, -0.2) is 9.97 Å². The largest absolute Gasteiger partial charge is 0.309 e. The Labute approximate surface area is 273 Å². The van der Waals surface area contributed by atoms with Crippen molar-refractivity contribution in [3.05, 3.63) is 146 Å². The molecule has 0 aliphatic carbocycles. The van der Waals surface area contributed by atoms with E-state index in [1.54, 1.807) is 0 Å². The maximum atomic E-state index is 5.49. The maximum Gasteiger partial charge on any atom is 0.161 e. The molecule has 222 valence electrons. The zero-order chi connectivity index (χ0) is 31.3. The molecule has 1 aliphatic heterocycles. The molecule has 10 rings (SSSR count). The molecule has 0 unspecified atom stereocenters. The number of benzene rings is 6. The van der Waals surface area contributed by atoms with E-state index in [9.17, 15) is 0 Å². The summed E-state index contributed by atoms with van der Waals surface area (Å²) in [7, 11) is -2.11. The van der Waals surface area contributed by atoms with Crippen molar-refractivity contribution < 1.29 is 0 Å². The summed E-state index contributed by atoms with van der Waals surface area (Å²) >= 11 is 0. The highest BCUT2D eigenvalue weighted by Gasteiger charge is 2.42. The van der Waals surface area contributed by atoms with Crippen LogP contribution in [0.1, 0.15) is 0 Å². The van der Waals surface area contributed by atoms with Gasteiger partial charge in [-0.3, -0.25) is 4.57 Å². The van der Waals surface area contributed by atoms with Crippen LogP contribution in [0.2, 0.25) is 13.1 Å². The molecule has 9 aromatic rings. The van der Waals surface area contributed by atoms with Gasteiger partial charge in [-0.05, 0) is 41.1 Å². The van der Waals surface area contributed by atoms with Crippen LogP contribution in [-0.4, -0.2) is 27.2 Å². The first-order valence-electron chi connectivity index (χ1n) is 16.2. The highest BCUT2D eigenvalue weighted by atomic mass is 28.3. The average Bonchev–Trinajstić information content (AvgIpc) is 3.72. The summed E-state index contributed by atoms with van der Waals surface area (Å²) in [6.45, 7) is 4.86. The summed E-state index contributed by atoms with van der Waals surface area (Å²) in [5.74, 6) is 1.73. The van der Waals surface area contributed by atoms with Crippen LogP contribution >= 0.6 is 0 Å². The normalized spacial score (nSPS) is 13.5. The highest BCUT2D eigenvalue weighted by Crippen LogP contribution is 2.43. The molecule has 5 heteroatoms. The monoisotopic (exact) mass is 618 g/mol. The third kappa shape index (κ3) is 3.57. The van der Waals surface area contributed by atoms with E-state index in [2.05, 4.69) is 168 Å². The van der Waals surface area contributed by atoms with E-state index < -0.39 is 8.07 Å². The summed E-state index contributed by atoms with van der Waals surface area (Å²) in [5, 5.41) is 7.56. The SMILES string of the molecule is C[Si]1(C)c2ccccc2-c2c(-n3c4ccccc4c4c3ccc3c5ccccc5n(-c5ccccc5)c34)nc(-c3ccccc3)nc21. The molecule has 0 atom stereocenters. The molecule has 0 bridgehead atoms. The van der Waals surface area contributed by atoms with E-state index in [0.29, 0.717) is 0 Å². The molecule has 4 nitrogen and oxygen atoms in total. The van der Waals surface area contributed by atoms with Crippen molar-refractivity contribution in [2.45, 2.75) is 13.1 Å². The molecular weight excluding hydrogens is 589 g/mol. The van der Waals surface area contributed by atoms with Crippen LogP contribution in [0.3, 0.4) is 0 Å². The number of rotatable bonds is 3. The van der Waals surface area contributed by atoms with Crippen molar-refractivity contribution in [1.82, 2.24) is 19.1 Å². The van der Waals surface area contributed by atoms with E-state index in [0.717, 1.165) is 33.9 Å². The Hall–Kier alpha value is -5.78. The minimum Gasteiger partial charge on any atom is -0.309 e. The van der Waals surface area contributed by atoms with Gasteiger partial charge in [0.25, 0.3) is 0 Å². The zero-order valence-electron chi connectivity index (χ0n) is 26.1. The minimum atomic E-state index is -2.11. The second-order valence-corrected chi connectivity index (χ2v) is 17.3. The average molecular weight is 619 g/mol. The van der Waals surface area contributed by atoms with E-state index >= 15 is 0 Å². The molecule has 0 N–H and O–H groups in total. The number of nitrogens with zero attached hydrogens (tertiary/aromatic N) is 4. The molecule has 0 saturated carbocycles. The predicted molar refractivity (Wildman–Crippen MR) is 198 cm³/mol. The molecule has 0 saturated heterocycles. The Morgan fingerprint density at radius 2 is 1.15 bits per heavy atom. The first kappa shape index (κ1) is 26.4. The lowest BCUT2D eigenvalue weighted by molar-refractivity contribution is 1.06. The van der Waals surface area contributed by atoms with Gasteiger partial charge in [0.05, 0.1) is 22.1 Å². The third-order valence-electron chi connectivity index (χ3n) is 10.1. The maximum absolute atomic E-state index is 5.49. The molecule has 4 heterocycles. The lowest BCUT2D eigenvalue weighted by Gasteiger charge is -2.19. The lowest BCUT2D eigenvalue weighted by atomic mass is 10.1. The van der Waals surface area contributed by atoms with Crippen LogP contribution in [0.5, 0.6) is 0 Å². The number of fused-ring (bicyclic) bond motifs is 10. The van der Waals surface area contributed by atoms with Crippen molar-refractivity contribution >= 4 is 62.2 Å². The number of hydrogen-bond donors (Lipinski definition) is 0. The summed E-state index contributed by atoms with van der Waals surface area (Å²) in [4.78, 5) is 10.9. The molecule has 3 aromatic heterocycles. The topological polar surface area (TPSA) is 35.6 Å². The summed E-state index contributed by atoms with van der Waals surface area (Å²) < 4.78 is 4.85. The van der Waals surface area contributed by atoms with E-state index in [1.165, 1.54) is 54.2 Å². The fourth-order valence-electron chi connectivity index (χ4n) is 7.98. The van der Waals surface area contributed by atoms with Gasteiger partial charge in [0.2, 0.25) is 0 Å². The van der Waals surface area contributed by atoms with Crippen LogP contribution in [0.15, 0.2) is 146 Å². The second-order valence-electron chi connectivity index (χ2n) is 13.0. The fourth-order valence-corrected chi connectivity index (χ4v) is 10.9. The molecule has 47 heavy (non-hydrogen) atoms. The van der Waals surface area contributed by atoms with Gasteiger partial charge in [-0.2, -0.15) is 0 Å². The van der Waals surface area contributed by atoms with Gasteiger partial charge >= 0.3 is 0 Å². The van der Waals surface area contributed by atoms with Crippen LogP contribution in [0.4, 0.5) is 0 Å². The Morgan fingerprint density at radius 3 is 1.94 bits per heavy atom. The van der Waals surface area contributed by atoms with E-state index in [1.807, 2.05) is 0 Å². The Balaban J connectivity index is 1.41. The Morgan fingerprint density at radius 1 is 0.511 bits per heavy atom. The van der Waals surface area contributed by atoms with Gasteiger partial charge in [0.1, 0.15) is 13.9 Å². The summed E-state index contributed by atoms with van der Waals surface area (Å²) in [6, 6.07) is 52.3. The summed E-state index contributed by atoms with van der Waals surface area (Å²) in [5.41, 5.74) is 9.32. The van der Waals surface area contributed by atoms with Crippen molar-refractivity contribution in [2.75, 3.05) is 0 Å². The van der Waals surface area contributed by atoms with Gasteiger partial charge < -0.3 is 4.57 Å². The lowest BCUT2D eigenvalue weighted by Crippen LogP contribution is -2.51. The van der Waals surface area contributed by atoms with Crippen molar-refractivity contribution in [2.24, 2.45) is 0 Å². The molecule has 1 aliphatic rings. The molecule has 6 aromatic carbocycles. The highest BCUT2D eigenvalue weighted by molar-refractivity contribution is 7.03. The quantitative estimate of drug-likeness (QED) is 0.185. The fraction of sp³-hybridized carbons (Fsp3) is 0.0476. The number of para-hydroxylation sites is 3. The van der Waals surface area contributed by atoms with E-state index in [4.69, 9.17) is 9.97 Å². The van der Waals surface area contributed by atoms with Crippen LogP contribution in [0, 0.1) is 0 Å². The molecule has 0 amide bonds. The smallest absolute Gasteiger partial charge is 0.161 e. The molecule has 0 fully saturated rings. The van der Waals surface area contributed by atoms with Gasteiger partial charge in [-0.15, -0.1) is 0 Å². The zero-order valence-corrected chi connectivity index (χ0v) is 27.1. The van der Waals surface area contributed by atoms with Gasteiger partial charge in [-0.1, -0.05) is 128 Å². The molecule has 0 radical (unpaired) electrons. The van der Waals surface area contributed by atoms with Crippen molar-refractivity contribution in [1.29, 1.82) is 0 Å². The first-order chi connectivity index (χ1) is 23.1. The first-order valence-corrected chi connectivity index (χ1v) is 19.2. The number of hydrogen-bond acceptors (Lipinski definition) is 2. The van der Waals surface area contributed by atoms with Crippen LogP contribution in [-0.2, 0) is 0 Å². The molecule has 0 spiro atoms. The van der Waals surface area contributed by atoms with Gasteiger partial charge in [0.15, 0.2) is 5.82 Å². The Bertz CT molecular complexity index is 2700. The Kier molecular flexibility index (Phi) is 5.41. The standard InChI is InChI=1S/C42H30N4Si/c1-47(2)36-24-14-11-21-32(36)38-41(43-40(44-42(38)47)27-15-5-3-6-16-27)46-34-23-13-10-20-31(34)37-35(46)26-25-30-29-19-9-12-22-33(29)45(39(30)37)28-17-7-4-8-18-28/h3-26H,1-2H3. The molecular formula is C42H30N4Si. The van der Waals surface area contributed by atoms with Crippen molar-refractivity contribution in [3.63, 3.8) is 0 Å². The van der Waals surface area contributed by atoms with Crippen molar-refractivity contribution in [3.8, 4) is 34.0 Å². The summed E-state index contributed by atoms with van der Waals surface area (Å²) in [6.07, 6.45) is 0.